The Bertz CT molecular complexity index is 658. The second kappa shape index (κ2) is 18.1. The number of hydrogen-bond donors (Lipinski definition) is 7. The maximum Gasteiger partial charge on any atom is 0.326 e. The van der Waals surface area contributed by atoms with Crippen molar-refractivity contribution in [3.05, 3.63) is 0 Å². The molecule has 11 heteroatoms. The lowest BCUT2D eigenvalue weighted by atomic mass is 9.99. The summed E-state index contributed by atoms with van der Waals surface area (Å²) in [5.74, 6) is -2.49. The molecular formula is C24H48N6O5. The number of nitrogens with one attached hydrogen (secondary N) is 3. The van der Waals surface area contributed by atoms with Gasteiger partial charge in [-0.2, -0.15) is 0 Å². The van der Waals surface area contributed by atoms with Crippen LogP contribution in [0.15, 0.2) is 0 Å². The first-order chi connectivity index (χ1) is 16.4. The number of nitrogens with two attached hydrogens (primary N) is 3. The highest BCUT2D eigenvalue weighted by atomic mass is 16.4. The summed E-state index contributed by atoms with van der Waals surface area (Å²) in [4.78, 5) is 50.3. The Morgan fingerprint density at radius 3 is 1.46 bits per heavy atom. The number of aliphatic carboxylic acids is 1. The van der Waals surface area contributed by atoms with E-state index in [0.717, 1.165) is 6.42 Å². The van der Waals surface area contributed by atoms with Crippen molar-refractivity contribution in [3.8, 4) is 0 Å². The van der Waals surface area contributed by atoms with Crippen LogP contribution >= 0.6 is 0 Å². The van der Waals surface area contributed by atoms with Crippen molar-refractivity contribution in [3.63, 3.8) is 0 Å². The second-order valence-electron chi connectivity index (χ2n) is 9.96. The zero-order chi connectivity index (χ0) is 27.0. The third-order valence-corrected chi connectivity index (χ3v) is 5.55. The zero-order valence-corrected chi connectivity index (χ0v) is 21.8. The third kappa shape index (κ3) is 14.7. The minimum Gasteiger partial charge on any atom is -0.480 e. The average Bonchev–Trinajstić information content (AvgIpc) is 2.76. The van der Waals surface area contributed by atoms with Gasteiger partial charge in [0, 0.05) is 0 Å². The molecule has 4 atom stereocenters. The number of rotatable bonds is 19. The lowest BCUT2D eigenvalue weighted by Crippen LogP contribution is -2.57. The van der Waals surface area contributed by atoms with Gasteiger partial charge in [0.2, 0.25) is 17.7 Å². The van der Waals surface area contributed by atoms with E-state index < -0.39 is 47.9 Å². The Morgan fingerprint density at radius 2 is 1.06 bits per heavy atom. The Hall–Kier alpha value is -2.24. The van der Waals surface area contributed by atoms with E-state index in [1.54, 1.807) is 0 Å². The minimum atomic E-state index is -1.14. The average molecular weight is 501 g/mol. The van der Waals surface area contributed by atoms with Crippen molar-refractivity contribution in [1.29, 1.82) is 0 Å². The molecule has 10 N–H and O–H groups in total. The normalized spacial score (nSPS) is 14.8. The molecule has 0 heterocycles. The van der Waals surface area contributed by atoms with E-state index in [-0.39, 0.29) is 18.3 Å². The number of carboxylic acids is 1. The highest BCUT2D eigenvalue weighted by Gasteiger charge is 2.31. The van der Waals surface area contributed by atoms with Crippen molar-refractivity contribution in [2.45, 2.75) is 103 Å². The summed E-state index contributed by atoms with van der Waals surface area (Å²) in [6.45, 7) is 8.59. The lowest BCUT2D eigenvalue weighted by molar-refractivity contribution is -0.142. The Kier molecular flexibility index (Phi) is 16.9. The Morgan fingerprint density at radius 1 is 0.657 bits per heavy atom. The standard InChI is InChI=1S/C24H48N6O5/c1-15(2)13-19(29-21(31)17(27)9-5-7-11-25)23(33)30-20(14-16(3)4)22(32)28-18(24(34)35)10-6-8-12-26/h15-20H,5-14,25-27H2,1-4H3,(H,28,32)(H,29,31)(H,30,33)(H,34,35). The zero-order valence-electron chi connectivity index (χ0n) is 21.8. The summed E-state index contributed by atoms with van der Waals surface area (Å²) in [6.07, 6.45) is 4.05. The molecule has 0 aromatic heterocycles. The van der Waals surface area contributed by atoms with Crippen LogP contribution in [0.1, 0.15) is 79.1 Å². The quantitative estimate of drug-likeness (QED) is 0.122. The molecule has 0 spiro atoms. The smallest absolute Gasteiger partial charge is 0.326 e. The largest absolute Gasteiger partial charge is 0.480 e. The molecule has 0 rings (SSSR count). The van der Waals surface area contributed by atoms with Crippen LogP contribution in [0.4, 0.5) is 0 Å². The fourth-order valence-electron chi connectivity index (χ4n) is 3.62. The molecule has 0 radical (unpaired) electrons. The minimum absolute atomic E-state index is 0.0562. The van der Waals surface area contributed by atoms with Crippen molar-refractivity contribution in [1.82, 2.24) is 16.0 Å². The van der Waals surface area contributed by atoms with E-state index in [4.69, 9.17) is 17.2 Å². The second-order valence-corrected chi connectivity index (χ2v) is 9.96. The van der Waals surface area contributed by atoms with Gasteiger partial charge in [-0.1, -0.05) is 34.1 Å². The van der Waals surface area contributed by atoms with Gasteiger partial charge in [0.1, 0.15) is 18.1 Å². The summed E-state index contributed by atoms with van der Waals surface area (Å²) in [7, 11) is 0. The fraction of sp³-hybridized carbons (Fsp3) is 0.833. The van der Waals surface area contributed by atoms with E-state index in [0.29, 0.717) is 51.6 Å². The first kappa shape index (κ1) is 32.8. The van der Waals surface area contributed by atoms with Gasteiger partial charge < -0.3 is 38.3 Å². The monoisotopic (exact) mass is 500 g/mol. The maximum absolute atomic E-state index is 13.1. The fourth-order valence-corrected chi connectivity index (χ4v) is 3.62. The van der Waals surface area contributed by atoms with Crippen LogP contribution in [0.25, 0.3) is 0 Å². The SMILES string of the molecule is CC(C)CC(NC(=O)C(N)CCCCN)C(=O)NC(CC(C)C)C(=O)NC(CCCCN)C(=O)O. The summed E-state index contributed by atoms with van der Waals surface area (Å²) in [5, 5.41) is 17.5. The molecule has 0 fully saturated rings. The van der Waals surface area contributed by atoms with Crippen LogP contribution in [-0.4, -0.2) is 66.1 Å². The molecular weight excluding hydrogens is 452 g/mol. The van der Waals surface area contributed by atoms with Crippen molar-refractivity contribution >= 4 is 23.7 Å². The number of amides is 3. The lowest BCUT2D eigenvalue weighted by Gasteiger charge is -2.27. The predicted octanol–water partition coefficient (Wildman–Crippen LogP) is 0.203. The number of carboxylic acid groups (broad SMARTS) is 1. The molecule has 11 nitrogen and oxygen atoms in total. The highest BCUT2D eigenvalue weighted by molar-refractivity contribution is 5.94. The summed E-state index contributed by atoms with van der Waals surface area (Å²) >= 11 is 0. The molecule has 0 bridgehead atoms. The van der Waals surface area contributed by atoms with E-state index in [2.05, 4.69) is 16.0 Å². The molecule has 4 unspecified atom stereocenters. The van der Waals surface area contributed by atoms with Gasteiger partial charge in [-0.3, -0.25) is 14.4 Å². The maximum atomic E-state index is 13.1. The molecule has 0 saturated heterocycles. The van der Waals surface area contributed by atoms with Gasteiger partial charge >= 0.3 is 5.97 Å². The molecule has 0 aromatic rings. The molecule has 0 saturated carbocycles. The van der Waals surface area contributed by atoms with Gasteiger partial charge in [0.05, 0.1) is 6.04 Å². The molecule has 0 aliphatic heterocycles. The predicted molar refractivity (Wildman–Crippen MR) is 136 cm³/mol. The summed E-state index contributed by atoms with van der Waals surface area (Å²) in [6, 6.07) is -3.64. The summed E-state index contributed by atoms with van der Waals surface area (Å²) in [5.41, 5.74) is 16.9. The molecule has 35 heavy (non-hydrogen) atoms. The van der Waals surface area contributed by atoms with Crippen LogP contribution < -0.4 is 33.2 Å². The van der Waals surface area contributed by atoms with Gasteiger partial charge in [-0.15, -0.1) is 0 Å². The van der Waals surface area contributed by atoms with Crippen molar-refractivity contribution in [2.24, 2.45) is 29.0 Å². The van der Waals surface area contributed by atoms with Crippen molar-refractivity contribution < 1.29 is 24.3 Å². The molecule has 0 aliphatic rings. The Labute approximate surface area is 209 Å². The van der Waals surface area contributed by atoms with Crippen LogP contribution in [0.2, 0.25) is 0 Å². The van der Waals surface area contributed by atoms with E-state index in [1.165, 1.54) is 0 Å². The number of unbranched alkanes of at least 4 members (excludes halogenated alkanes) is 2. The number of hydrogen-bond acceptors (Lipinski definition) is 7. The van der Waals surface area contributed by atoms with Gasteiger partial charge in [-0.25, -0.2) is 4.79 Å². The van der Waals surface area contributed by atoms with Gasteiger partial charge in [-0.05, 0) is 69.9 Å². The molecule has 0 aliphatic carbocycles. The van der Waals surface area contributed by atoms with E-state index in [1.807, 2.05) is 27.7 Å². The van der Waals surface area contributed by atoms with E-state index in [9.17, 15) is 24.3 Å². The third-order valence-electron chi connectivity index (χ3n) is 5.55. The molecule has 3 amide bonds. The van der Waals surface area contributed by atoms with E-state index >= 15 is 0 Å². The molecule has 0 aromatic carbocycles. The van der Waals surface area contributed by atoms with Gasteiger partial charge in [0.15, 0.2) is 0 Å². The van der Waals surface area contributed by atoms with Crippen LogP contribution in [0.5, 0.6) is 0 Å². The topological polar surface area (TPSA) is 203 Å². The Balaban J connectivity index is 5.38. The molecule has 204 valence electrons. The highest BCUT2D eigenvalue weighted by Crippen LogP contribution is 2.11. The number of carbonyl (C=O) groups is 4. The first-order valence-corrected chi connectivity index (χ1v) is 12.7. The van der Waals surface area contributed by atoms with Crippen LogP contribution in [0, 0.1) is 11.8 Å². The van der Waals surface area contributed by atoms with Crippen LogP contribution in [0.3, 0.4) is 0 Å². The van der Waals surface area contributed by atoms with Crippen LogP contribution in [-0.2, 0) is 19.2 Å². The summed E-state index contributed by atoms with van der Waals surface area (Å²) < 4.78 is 0. The first-order valence-electron chi connectivity index (χ1n) is 12.7. The number of carbonyl (C=O) groups excluding carboxylic acids is 3. The van der Waals surface area contributed by atoms with Crippen molar-refractivity contribution in [2.75, 3.05) is 13.1 Å². The van der Waals surface area contributed by atoms with Gasteiger partial charge in [0.25, 0.3) is 0 Å².